The van der Waals surface area contributed by atoms with Gasteiger partial charge in [-0.2, -0.15) is 5.26 Å². The second-order valence-electron chi connectivity index (χ2n) is 6.56. The molecule has 0 aromatic heterocycles. The van der Waals surface area contributed by atoms with Crippen molar-refractivity contribution >= 4 is 11.9 Å². The number of benzene rings is 1. The third-order valence-corrected chi connectivity index (χ3v) is 3.80. The molecule has 0 heterocycles. The van der Waals surface area contributed by atoms with Gasteiger partial charge in [0.25, 0.3) is 5.91 Å². The Morgan fingerprint density at radius 3 is 2.50 bits per heavy atom. The molecule has 1 rings (SSSR count). The van der Waals surface area contributed by atoms with E-state index in [1.54, 1.807) is 0 Å². The summed E-state index contributed by atoms with van der Waals surface area (Å²) < 4.78 is 0. The van der Waals surface area contributed by atoms with Gasteiger partial charge in [-0.3, -0.25) is 4.79 Å². The number of hydrogen-bond acceptors (Lipinski definition) is 4. The van der Waals surface area contributed by atoms with Crippen LogP contribution in [-0.4, -0.2) is 29.6 Å². The highest BCUT2D eigenvalue weighted by Crippen LogP contribution is 2.06. The third kappa shape index (κ3) is 8.34. The fourth-order valence-corrected chi connectivity index (χ4v) is 2.45. The molecule has 0 aliphatic heterocycles. The molecule has 26 heavy (non-hydrogen) atoms. The largest absolute Gasteiger partial charge is 0.480 e. The van der Waals surface area contributed by atoms with E-state index in [1.807, 2.05) is 38.1 Å². The lowest BCUT2D eigenvalue weighted by atomic mass is 10.0. The number of aryl methyl sites for hydroxylation is 1. The summed E-state index contributed by atoms with van der Waals surface area (Å²) in [7, 11) is 0. The van der Waals surface area contributed by atoms with Crippen LogP contribution in [0.4, 0.5) is 0 Å². The van der Waals surface area contributed by atoms with Crippen molar-refractivity contribution in [3.63, 3.8) is 0 Å². The molecule has 0 spiro atoms. The summed E-state index contributed by atoms with van der Waals surface area (Å²) in [6, 6.07) is 11.0. The van der Waals surface area contributed by atoms with Crippen molar-refractivity contribution in [2.75, 3.05) is 6.54 Å². The van der Waals surface area contributed by atoms with Crippen LogP contribution in [0.15, 0.2) is 42.1 Å². The molecule has 0 aliphatic rings. The van der Waals surface area contributed by atoms with Crippen LogP contribution in [-0.2, 0) is 16.0 Å². The molecule has 140 valence electrons. The first-order chi connectivity index (χ1) is 12.4. The molecule has 6 heteroatoms. The number of hydrogen-bond donors (Lipinski definition) is 3. The first kappa shape index (κ1) is 21.2. The zero-order valence-corrected chi connectivity index (χ0v) is 15.4. The molecule has 1 amide bonds. The number of nitriles is 1. The molecule has 0 fully saturated rings. The molecule has 3 N–H and O–H groups in total. The van der Waals surface area contributed by atoms with Crippen molar-refractivity contribution in [1.82, 2.24) is 10.6 Å². The van der Waals surface area contributed by atoms with Crippen molar-refractivity contribution in [3.8, 4) is 6.07 Å². The Morgan fingerprint density at radius 2 is 1.92 bits per heavy atom. The normalized spacial score (nSPS) is 12.3. The van der Waals surface area contributed by atoms with Crippen LogP contribution in [0.25, 0.3) is 0 Å². The number of amides is 1. The maximum absolute atomic E-state index is 12.1. The van der Waals surface area contributed by atoms with Gasteiger partial charge in [-0.15, -0.1) is 0 Å². The number of carboxylic acids is 1. The summed E-state index contributed by atoms with van der Waals surface area (Å²) >= 11 is 0. The van der Waals surface area contributed by atoms with E-state index in [4.69, 9.17) is 10.4 Å². The fraction of sp³-hybridized carbons (Fsp3) is 0.450. The fourth-order valence-electron chi connectivity index (χ4n) is 2.45. The van der Waals surface area contributed by atoms with E-state index in [-0.39, 0.29) is 11.5 Å². The van der Waals surface area contributed by atoms with E-state index in [2.05, 4.69) is 22.8 Å². The lowest BCUT2D eigenvalue weighted by Crippen LogP contribution is -2.42. The Morgan fingerprint density at radius 1 is 1.23 bits per heavy atom. The third-order valence-electron chi connectivity index (χ3n) is 3.80. The Balaban J connectivity index is 2.40. The Bertz CT molecular complexity index is 648. The monoisotopic (exact) mass is 357 g/mol. The van der Waals surface area contributed by atoms with Gasteiger partial charge in [0.15, 0.2) is 0 Å². The van der Waals surface area contributed by atoms with E-state index in [1.165, 1.54) is 11.8 Å². The van der Waals surface area contributed by atoms with Gasteiger partial charge >= 0.3 is 5.97 Å². The van der Waals surface area contributed by atoms with Gasteiger partial charge in [0.1, 0.15) is 17.7 Å². The minimum atomic E-state index is -1.10. The minimum Gasteiger partial charge on any atom is -0.480 e. The highest BCUT2D eigenvalue weighted by atomic mass is 16.4. The molecule has 0 saturated heterocycles. The molecule has 0 saturated carbocycles. The second kappa shape index (κ2) is 11.7. The van der Waals surface area contributed by atoms with Gasteiger partial charge in [0.2, 0.25) is 0 Å². The minimum absolute atomic E-state index is 0.119. The average molecular weight is 357 g/mol. The Kier molecular flexibility index (Phi) is 9.55. The van der Waals surface area contributed by atoms with Crippen LogP contribution in [0, 0.1) is 17.2 Å². The molecule has 1 aromatic carbocycles. The first-order valence-corrected chi connectivity index (χ1v) is 8.85. The Hall–Kier alpha value is -2.81. The molecular weight excluding hydrogens is 330 g/mol. The predicted molar refractivity (Wildman–Crippen MR) is 100 cm³/mol. The number of rotatable bonds is 11. The summed E-state index contributed by atoms with van der Waals surface area (Å²) in [6.45, 7) is 4.39. The van der Waals surface area contributed by atoms with E-state index in [0.29, 0.717) is 13.0 Å². The van der Waals surface area contributed by atoms with Crippen molar-refractivity contribution < 1.29 is 14.7 Å². The van der Waals surface area contributed by atoms with Crippen LogP contribution in [0.5, 0.6) is 0 Å². The van der Waals surface area contributed by atoms with Gasteiger partial charge in [0.05, 0.1) is 0 Å². The quantitative estimate of drug-likeness (QED) is 0.321. The van der Waals surface area contributed by atoms with Crippen LogP contribution in [0.1, 0.15) is 38.7 Å². The summed E-state index contributed by atoms with van der Waals surface area (Å²) in [5.41, 5.74) is 1.16. The Labute approximate surface area is 154 Å². The van der Waals surface area contributed by atoms with Crippen LogP contribution < -0.4 is 10.6 Å². The maximum Gasteiger partial charge on any atom is 0.326 e. The van der Waals surface area contributed by atoms with E-state index < -0.39 is 17.9 Å². The summed E-state index contributed by atoms with van der Waals surface area (Å²) in [4.78, 5) is 23.3. The van der Waals surface area contributed by atoms with Crippen molar-refractivity contribution in [2.24, 2.45) is 5.92 Å². The lowest BCUT2D eigenvalue weighted by molar-refractivity contribution is -0.141. The van der Waals surface area contributed by atoms with Gasteiger partial charge in [-0.1, -0.05) is 44.2 Å². The number of carboxylic acid groups (broad SMARTS) is 1. The molecule has 1 atom stereocenters. The van der Waals surface area contributed by atoms with Crippen molar-refractivity contribution in [1.29, 1.82) is 5.26 Å². The highest BCUT2D eigenvalue weighted by molar-refractivity contribution is 5.99. The first-order valence-electron chi connectivity index (χ1n) is 8.85. The summed E-state index contributed by atoms with van der Waals surface area (Å²) in [6.07, 6.45) is 4.54. The summed E-state index contributed by atoms with van der Waals surface area (Å²) in [5, 5.41) is 23.6. The molecular formula is C20H27N3O3. The van der Waals surface area contributed by atoms with Crippen LogP contribution >= 0.6 is 0 Å². The van der Waals surface area contributed by atoms with E-state index >= 15 is 0 Å². The molecule has 1 unspecified atom stereocenters. The van der Waals surface area contributed by atoms with Gasteiger partial charge < -0.3 is 15.7 Å². The molecule has 1 aromatic rings. The zero-order valence-electron chi connectivity index (χ0n) is 15.4. The number of aliphatic carboxylic acids is 1. The van der Waals surface area contributed by atoms with Crippen molar-refractivity contribution in [3.05, 3.63) is 47.7 Å². The van der Waals surface area contributed by atoms with Crippen LogP contribution in [0.3, 0.4) is 0 Å². The van der Waals surface area contributed by atoms with Gasteiger partial charge in [-0.05, 0) is 37.2 Å². The maximum atomic E-state index is 12.1. The predicted octanol–water partition coefficient (Wildman–Crippen LogP) is 2.62. The summed E-state index contributed by atoms with van der Waals surface area (Å²) in [5.74, 6) is -1.65. The van der Waals surface area contributed by atoms with E-state index in [0.717, 1.165) is 19.3 Å². The van der Waals surface area contributed by atoms with Crippen LogP contribution in [0.2, 0.25) is 0 Å². The van der Waals surface area contributed by atoms with Gasteiger partial charge in [-0.25, -0.2) is 4.79 Å². The number of nitrogens with zero attached hydrogens (tertiary/aromatic N) is 1. The van der Waals surface area contributed by atoms with E-state index in [9.17, 15) is 9.59 Å². The molecule has 0 aliphatic carbocycles. The molecule has 0 radical (unpaired) electrons. The molecule has 6 nitrogen and oxygen atoms in total. The second-order valence-corrected chi connectivity index (χ2v) is 6.56. The number of nitrogens with one attached hydrogen (secondary N) is 2. The SMILES string of the molecule is CC(C)CC(NC(=O)/C(C#N)=C\NCCCCc1ccccc1)C(=O)O. The highest BCUT2D eigenvalue weighted by Gasteiger charge is 2.22. The topological polar surface area (TPSA) is 102 Å². The van der Waals surface area contributed by atoms with Gasteiger partial charge in [0, 0.05) is 12.7 Å². The lowest BCUT2D eigenvalue weighted by Gasteiger charge is -2.16. The molecule has 0 bridgehead atoms. The van der Waals surface area contributed by atoms with Crippen molar-refractivity contribution in [2.45, 2.75) is 45.6 Å². The standard InChI is InChI=1S/C20H27N3O3/c1-15(2)12-18(20(25)26)23-19(24)17(13-21)14-22-11-7-6-10-16-8-4-3-5-9-16/h3-5,8-9,14-15,18,22H,6-7,10-12H2,1-2H3,(H,23,24)(H,25,26)/b17-14-. The zero-order chi connectivity index (χ0) is 19.4. The number of carbonyl (C=O) groups excluding carboxylic acids is 1. The smallest absolute Gasteiger partial charge is 0.326 e. The average Bonchev–Trinajstić information content (AvgIpc) is 2.60. The number of carbonyl (C=O) groups is 2. The number of unbranched alkanes of at least 4 members (excludes halogenated alkanes) is 1.